The van der Waals surface area contributed by atoms with E-state index in [9.17, 15) is 5.21 Å². The Bertz CT molecular complexity index is 814. The fraction of sp³-hybridized carbons (Fsp3) is 0.350. The van der Waals surface area contributed by atoms with Crippen molar-refractivity contribution in [2.24, 2.45) is 0 Å². The van der Waals surface area contributed by atoms with Crippen molar-refractivity contribution < 1.29 is 18.9 Å². The average molecular weight is 341 g/mol. The molecule has 0 radical (unpaired) electrons. The predicted molar refractivity (Wildman–Crippen MR) is 97.2 cm³/mol. The Kier molecular flexibility index (Phi) is 4.33. The van der Waals surface area contributed by atoms with Crippen molar-refractivity contribution in [1.29, 1.82) is 0 Å². The highest BCUT2D eigenvalue weighted by Crippen LogP contribution is 2.40. The van der Waals surface area contributed by atoms with Crippen LogP contribution in [0, 0.1) is 5.21 Å². The van der Waals surface area contributed by atoms with Gasteiger partial charge in [0.25, 0.3) is 0 Å². The SMILES string of the molecule is COc1cc(C2=[N+]([O-])C(C)(C)Cc3ccccc32)cc(OC)c1OC. The summed E-state index contributed by atoms with van der Waals surface area (Å²) in [6.07, 6.45) is 0.695. The van der Waals surface area contributed by atoms with Gasteiger partial charge in [0.05, 0.1) is 32.5 Å². The molecule has 25 heavy (non-hydrogen) atoms. The zero-order chi connectivity index (χ0) is 18.2. The van der Waals surface area contributed by atoms with E-state index in [-0.39, 0.29) is 0 Å². The minimum atomic E-state index is -0.538. The highest BCUT2D eigenvalue weighted by molar-refractivity contribution is 6.11. The summed E-state index contributed by atoms with van der Waals surface area (Å²) in [6.45, 7) is 3.90. The molecule has 1 aliphatic rings. The van der Waals surface area contributed by atoms with Gasteiger partial charge in [0, 0.05) is 20.3 Å². The van der Waals surface area contributed by atoms with Crippen molar-refractivity contribution in [3.8, 4) is 17.2 Å². The lowest BCUT2D eigenvalue weighted by Gasteiger charge is -2.32. The standard InChI is InChI=1S/C20H23NO4/c1-20(2)12-13-8-6-7-9-15(13)18(21(20)22)14-10-16(23-3)19(25-5)17(11-14)24-4/h6-11H,12H2,1-5H3. The van der Waals surface area contributed by atoms with Crippen LogP contribution in [-0.4, -0.2) is 37.3 Å². The maximum absolute atomic E-state index is 13.1. The van der Waals surface area contributed by atoms with Crippen LogP contribution >= 0.6 is 0 Å². The molecular formula is C20H23NO4. The van der Waals surface area contributed by atoms with Crippen molar-refractivity contribution in [2.75, 3.05) is 21.3 Å². The van der Waals surface area contributed by atoms with Gasteiger partial charge in [0.2, 0.25) is 11.5 Å². The maximum atomic E-state index is 13.1. The molecule has 0 spiro atoms. The second-order valence-corrected chi connectivity index (χ2v) is 6.70. The number of hydrogen-bond acceptors (Lipinski definition) is 4. The topological polar surface area (TPSA) is 53.8 Å². The van der Waals surface area contributed by atoms with Gasteiger partial charge in [-0.3, -0.25) is 0 Å². The van der Waals surface area contributed by atoms with E-state index in [0.717, 1.165) is 21.4 Å². The van der Waals surface area contributed by atoms with Gasteiger partial charge in [-0.1, -0.05) is 18.2 Å². The molecule has 0 unspecified atom stereocenters. The molecule has 0 bridgehead atoms. The lowest BCUT2D eigenvalue weighted by atomic mass is 9.84. The van der Waals surface area contributed by atoms with Gasteiger partial charge in [0.1, 0.15) is 0 Å². The summed E-state index contributed by atoms with van der Waals surface area (Å²) in [6, 6.07) is 11.6. The summed E-state index contributed by atoms with van der Waals surface area (Å²) in [5.74, 6) is 1.56. The van der Waals surface area contributed by atoms with E-state index in [4.69, 9.17) is 14.2 Å². The molecule has 0 atom stereocenters. The molecule has 132 valence electrons. The van der Waals surface area contributed by atoms with Crippen molar-refractivity contribution in [1.82, 2.24) is 0 Å². The zero-order valence-electron chi connectivity index (χ0n) is 15.3. The first kappa shape index (κ1) is 17.1. The number of hydroxylamine groups is 1. The monoisotopic (exact) mass is 341 g/mol. The van der Waals surface area contributed by atoms with Crippen LogP contribution in [0.25, 0.3) is 0 Å². The molecular weight excluding hydrogens is 318 g/mol. The third kappa shape index (κ3) is 2.80. The highest BCUT2D eigenvalue weighted by atomic mass is 16.5. The van der Waals surface area contributed by atoms with E-state index in [1.165, 1.54) is 0 Å². The van der Waals surface area contributed by atoms with Crippen molar-refractivity contribution in [3.05, 3.63) is 58.3 Å². The first-order chi connectivity index (χ1) is 11.9. The van der Waals surface area contributed by atoms with Gasteiger partial charge in [-0.05, 0) is 23.8 Å². The van der Waals surface area contributed by atoms with Crippen molar-refractivity contribution >= 4 is 5.71 Å². The fourth-order valence-corrected chi connectivity index (χ4v) is 3.35. The summed E-state index contributed by atoms with van der Waals surface area (Å²) in [4.78, 5) is 0. The Hall–Kier alpha value is -2.69. The summed E-state index contributed by atoms with van der Waals surface area (Å²) < 4.78 is 17.4. The Labute approximate surface area is 148 Å². The zero-order valence-corrected chi connectivity index (χ0v) is 15.3. The number of benzene rings is 2. The van der Waals surface area contributed by atoms with Gasteiger partial charge in [0.15, 0.2) is 17.0 Å². The summed E-state index contributed by atoms with van der Waals surface area (Å²) in [5.41, 5.74) is 2.91. The molecule has 3 rings (SSSR count). The highest BCUT2D eigenvalue weighted by Gasteiger charge is 2.38. The number of hydrogen-bond donors (Lipinski definition) is 0. The van der Waals surface area contributed by atoms with E-state index in [2.05, 4.69) is 6.07 Å². The predicted octanol–water partition coefficient (Wildman–Crippen LogP) is 3.39. The Balaban J connectivity index is 2.30. The number of ether oxygens (including phenoxy) is 3. The van der Waals surface area contributed by atoms with Gasteiger partial charge in [-0.25, -0.2) is 0 Å². The molecule has 0 aromatic heterocycles. The summed E-state index contributed by atoms with van der Waals surface area (Å²) in [5, 5.41) is 13.1. The molecule has 5 heteroatoms. The largest absolute Gasteiger partial charge is 0.623 e. The summed E-state index contributed by atoms with van der Waals surface area (Å²) >= 11 is 0. The van der Waals surface area contributed by atoms with Crippen LogP contribution in [0.3, 0.4) is 0 Å². The quantitative estimate of drug-likeness (QED) is 0.632. The smallest absolute Gasteiger partial charge is 0.226 e. The van der Waals surface area contributed by atoms with E-state index in [0.29, 0.717) is 29.4 Å². The van der Waals surface area contributed by atoms with Crippen LogP contribution in [0.4, 0.5) is 0 Å². The number of fused-ring (bicyclic) bond motifs is 1. The third-order valence-electron chi connectivity index (χ3n) is 4.59. The molecule has 2 aromatic rings. The number of methoxy groups -OCH3 is 3. The number of rotatable bonds is 4. The normalized spacial score (nSPS) is 15.6. The molecule has 1 aliphatic heterocycles. The maximum Gasteiger partial charge on any atom is 0.226 e. The average Bonchev–Trinajstić information content (AvgIpc) is 2.61. The minimum Gasteiger partial charge on any atom is -0.623 e. The fourth-order valence-electron chi connectivity index (χ4n) is 3.35. The van der Waals surface area contributed by atoms with Gasteiger partial charge in [-0.2, -0.15) is 4.74 Å². The molecule has 0 amide bonds. The van der Waals surface area contributed by atoms with Gasteiger partial charge >= 0.3 is 0 Å². The van der Waals surface area contributed by atoms with Crippen LogP contribution in [0.15, 0.2) is 36.4 Å². The lowest BCUT2D eigenvalue weighted by molar-refractivity contribution is -0.541. The molecule has 1 heterocycles. The first-order valence-electron chi connectivity index (χ1n) is 8.16. The molecule has 0 saturated heterocycles. The lowest BCUT2D eigenvalue weighted by Crippen LogP contribution is -2.43. The van der Waals surface area contributed by atoms with Gasteiger partial charge in [-0.15, -0.1) is 0 Å². The van der Waals surface area contributed by atoms with E-state index in [1.807, 2.05) is 44.2 Å². The van der Waals surface area contributed by atoms with E-state index in [1.54, 1.807) is 21.3 Å². The Morgan fingerprint density at radius 2 is 1.56 bits per heavy atom. The van der Waals surface area contributed by atoms with Crippen molar-refractivity contribution in [2.45, 2.75) is 25.8 Å². The Morgan fingerprint density at radius 3 is 2.12 bits per heavy atom. The van der Waals surface area contributed by atoms with Crippen LogP contribution in [0.1, 0.15) is 30.5 Å². The first-order valence-corrected chi connectivity index (χ1v) is 8.16. The van der Waals surface area contributed by atoms with Crippen LogP contribution < -0.4 is 14.2 Å². The van der Waals surface area contributed by atoms with Crippen LogP contribution in [0.5, 0.6) is 17.2 Å². The molecule has 0 aliphatic carbocycles. The molecule has 0 N–H and O–H groups in total. The molecule has 5 nitrogen and oxygen atoms in total. The van der Waals surface area contributed by atoms with Gasteiger partial charge < -0.3 is 19.4 Å². The molecule has 0 fully saturated rings. The minimum absolute atomic E-state index is 0.509. The molecule has 0 saturated carbocycles. The van der Waals surface area contributed by atoms with E-state index >= 15 is 0 Å². The van der Waals surface area contributed by atoms with E-state index < -0.39 is 5.54 Å². The van der Waals surface area contributed by atoms with Crippen LogP contribution in [0.2, 0.25) is 0 Å². The Morgan fingerprint density at radius 1 is 0.960 bits per heavy atom. The summed E-state index contributed by atoms with van der Waals surface area (Å²) in [7, 11) is 4.70. The second-order valence-electron chi connectivity index (χ2n) is 6.70. The number of nitrogens with zero attached hydrogens (tertiary/aromatic N) is 1. The third-order valence-corrected chi connectivity index (χ3v) is 4.59. The van der Waals surface area contributed by atoms with Crippen molar-refractivity contribution in [3.63, 3.8) is 0 Å². The molecule has 2 aromatic carbocycles. The van der Waals surface area contributed by atoms with Crippen LogP contribution in [-0.2, 0) is 6.42 Å². The second kappa shape index (κ2) is 6.31.